The van der Waals surface area contributed by atoms with Crippen molar-refractivity contribution in [1.82, 2.24) is 0 Å². The van der Waals surface area contributed by atoms with Crippen LogP contribution in [0.2, 0.25) is 0 Å². The van der Waals surface area contributed by atoms with Gasteiger partial charge in [-0.25, -0.2) is 4.57 Å². The van der Waals surface area contributed by atoms with E-state index in [2.05, 4.69) is 20.8 Å². The molecule has 5 N–H and O–H groups in total. The second-order valence-electron chi connectivity index (χ2n) is 5.38. The van der Waals surface area contributed by atoms with E-state index < -0.39 is 7.82 Å². The van der Waals surface area contributed by atoms with Crippen molar-refractivity contribution in [2.75, 3.05) is 13.2 Å². The summed E-state index contributed by atoms with van der Waals surface area (Å²) in [5.41, 5.74) is 5.97. The molecule has 1 aromatic rings. The van der Waals surface area contributed by atoms with Gasteiger partial charge in [-0.1, -0.05) is 26.8 Å². The predicted octanol–water partition coefficient (Wildman–Crippen LogP) is 2.30. The first-order valence-corrected chi connectivity index (χ1v) is 9.09. The molecule has 7 nitrogen and oxygen atoms in total. The highest BCUT2D eigenvalue weighted by molar-refractivity contribution is 7.45. The molecule has 0 amide bonds. The zero-order chi connectivity index (χ0) is 17.9. The van der Waals surface area contributed by atoms with Crippen LogP contribution in [0.4, 0.5) is 0 Å². The van der Waals surface area contributed by atoms with Crippen molar-refractivity contribution < 1.29 is 28.7 Å². The number of rotatable bonds is 8. The Hall–Kier alpha value is -1.11. The second-order valence-corrected chi connectivity index (χ2v) is 6.41. The number of hydrogen-bond donors (Lipinski definition) is 4. The molecule has 0 spiro atoms. The molecule has 1 atom stereocenters. The summed E-state index contributed by atoms with van der Waals surface area (Å²) in [7, 11) is -4.64. The second kappa shape index (κ2) is 11.4. The van der Waals surface area contributed by atoms with Crippen LogP contribution in [0.25, 0.3) is 0 Å². The van der Waals surface area contributed by atoms with Crippen LogP contribution < -0.4 is 15.2 Å². The Morgan fingerprint density at radius 1 is 1.13 bits per heavy atom. The molecule has 0 bridgehead atoms. The summed E-state index contributed by atoms with van der Waals surface area (Å²) in [6.45, 7) is 7.74. The van der Waals surface area contributed by atoms with Gasteiger partial charge in [0, 0.05) is 12.1 Å². The van der Waals surface area contributed by atoms with Gasteiger partial charge in [0.15, 0.2) is 0 Å². The SMILES string of the molecule is CCCOc1cccc(OCCC(N)C(C)C)c1.O=P(O)(O)O. The number of phosphoric acid groups is 1. The van der Waals surface area contributed by atoms with Crippen LogP contribution in [-0.4, -0.2) is 33.9 Å². The van der Waals surface area contributed by atoms with Crippen molar-refractivity contribution in [3.05, 3.63) is 24.3 Å². The van der Waals surface area contributed by atoms with Crippen LogP contribution in [0.5, 0.6) is 11.5 Å². The van der Waals surface area contributed by atoms with Gasteiger partial charge in [-0.3, -0.25) is 0 Å². The molecule has 0 saturated carbocycles. The molecule has 0 aromatic heterocycles. The van der Waals surface area contributed by atoms with Gasteiger partial charge in [-0.15, -0.1) is 0 Å². The van der Waals surface area contributed by atoms with E-state index in [1.165, 1.54) is 0 Å². The molecule has 8 heteroatoms. The van der Waals surface area contributed by atoms with Crippen molar-refractivity contribution in [2.45, 2.75) is 39.7 Å². The Balaban J connectivity index is 0.000000841. The lowest BCUT2D eigenvalue weighted by atomic mass is 10.0. The summed E-state index contributed by atoms with van der Waals surface area (Å²) in [6, 6.07) is 7.96. The highest BCUT2D eigenvalue weighted by Crippen LogP contribution is 2.25. The minimum atomic E-state index is -4.64. The standard InChI is InChI=1S/C15H25NO2.H3O4P/c1-4-9-17-13-6-5-7-14(11-13)18-10-8-15(16)12(2)3;1-5(2,3)4/h5-7,11-12,15H,4,8-10,16H2,1-3H3;(H3,1,2,3,4). The van der Waals surface area contributed by atoms with Gasteiger partial charge in [0.25, 0.3) is 0 Å². The van der Waals surface area contributed by atoms with Crippen molar-refractivity contribution >= 4 is 7.82 Å². The Bertz CT molecular complexity index is 469. The fraction of sp³-hybridized carbons (Fsp3) is 0.600. The monoisotopic (exact) mass is 349 g/mol. The third-order valence-electron chi connectivity index (χ3n) is 2.85. The van der Waals surface area contributed by atoms with Crippen LogP contribution >= 0.6 is 7.82 Å². The maximum Gasteiger partial charge on any atom is 0.466 e. The lowest BCUT2D eigenvalue weighted by Crippen LogP contribution is -2.28. The molecular weight excluding hydrogens is 321 g/mol. The number of hydrogen-bond acceptors (Lipinski definition) is 4. The summed E-state index contributed by atoms with van der Waals surface area (Å²) in [5, 5.41) is 0. The van der Waals surface area contributed by atoms with E-state index in [9.17, 15) is 0 Å². The lowest BCUT2D eigenvalue weighted by molar-refractivity contribution is 0.275. The van der Waals surface area contributed by atoms with E-state index in [4.69, 9.17) is 34.5 Å². The summed E-state index contributed by atoms with van der Waals surface area (Å²) in [6.07, 6.45) is 1.88. The van der Waals surface area contributed by atoms with Crippen LogP contribution in [-0.2, 0) is 4.57 Å². The zero-order valence-corrected chi connectivity index (χ0v) is 14.8. The molecule has 0 aliphatic rings. The highest BCUT2D eigenvalue weighted by Gasteiger charge is 2.07. The molecule has 23 heavy (non-hydrogen) atoms. The van der Waals surface area contributed by atoms with E-state index >= 15 is 0 Å². The first-order valence-electron chi connectivity index (χ1n) is 7.53. The Labute approximate surface area is 137 Å². The van der Waals surface area contributed by atoms with E-state index in [0.717, 1.165) is 30.9 Å². The van der Waals surface area contributed by atoms with E-state index in [0.29, 0.717) is 12.5 Å². The molecule has 0 heterocycles. The lowest BCUT2D eigenvalue weighted by Gasteiger charge is -2.16. The molecule has 1 unspecified atom stereocenters. The van der Waals surface area contributed by atoms with Crippen molar-refractivity contribution in [3.63, 3.8) is 0 Å². The third-order valence-corrected chi connectivity index (χ3v) is 2.85. The Kier molecular flexibility index (Phi) is 10.9. The van der Waals surface area contributed by atoms with Gasteiger partial charge in [0.05, 0.1) is 13.2 Å². The smallest absolute Gasteiger partial charge is 0.466 e. The summed E-state index contributed by atoms with van der Waals surface area (Å²) >= 11 is 0. The number of ether oxygens (including phenoxy) is 2. The van der Waals surface area contributed by atoms with E-state index in [1.807, 2.05) is 24.3 Å². The van der Waals surface area contributed by atoms with Crippen LogP contribution in [0.1, 0.15) is 33.6 Å². The zero-order valence-electron chi connectivity index (χ0n) is 13.9. The number of benzene rings is 1. The minimum absolute atomic E-state index is 0.199. The Morgan fingerprint density at radius 3 is 2.04 bits per heavy atom. The first-order chi connectivity index (χ1) is 10.6. The van der Waals surface area contributed by atoms with Gasteiger partial charge in [-0.05, 0) is 30.9 Å². The topological polar surface area (TPSA) is 122 Å². The molecule has 0 saturated heterocycles. The summed E-state index contributed by atoms with van der Waals surface area (Å²) in [4.78, 5) is 21.6. The largest absolute Gasteiger partial charge is 0.493 e. The Morgan fingerprint density at radius 2 is 1.61 bits per heavy atom. The van der Waals surface area contributed by atoms with Gasteiger partial charge >= 0.3 is 7.82 Å². The predicted molar refractivity (Wildman–Crippen MR) is 89.4 cm³/mol. The molecule has 0 aliphatic heterocycles. The fourth-order valence-corrected chi connectivity index (χ4v) is 1.52. The average molecular weight is 349 g/mol. The molecule has 0 radical (unpaired) electrons. The highest BCUT2D eigenvalue weighted by atomic mass is 31.2. The van der Waals surface area contributed by atoms with Gasteiger partial charge in [0.2, 0.25) is 0 Å². The van der Waals surface area contributed by atoms with Gasteiger partial charge < -0.3 is 29.9 Å². The summed E-state index contributed by atoms with van der Waals surface area (Å²) in [5.74, 6) is 2.20. The quantitative estimate of drug-likeness (QED) is 0.531. The van der Waals surface area contributed by atoms with Crippen LogP contribution in [0.15, 0.2) is 24.3 Å². The van der Waals surface area contributed by atoms with E-state index in [-0.39, 0.29) is 6.04 Å². The third kappa shape index (κ3) is 14.2. The average Bonchev–Trinajstić information content (AvgIpc) is 2.43. The number of nitrogens with two attached hydrogens (primary N) is 1. The van der Waals surface area contributed by atoms with Crippen molar-refractivity contribution in [1.29, 1.82) is 0 Å². The van der Waals surface area contributed by atoms with Crippen molar-refractivity contribution in [3.8, 4) is 11.5 Å². The summed E-state index contributed by atoms with van der Waals surface area (Å²) < 4.78 is 20.1. The van der Waals surface area contributed by atoms with Crippen molar-refractivity contribution in [2.24, 2.45) is 11.7 Å². The van der Waals surface area contributed by atoms with Crippen LogP contribution in [0, 0.1) is 5.92 Å². The maximum absolute atomic E-state index is 8.88. The normalized spacial score (nSPS) is 12.3. The van der Waals surface area contributed by atoms with E-state index in [1.54, 1.807) is 0 Å². The van der Waals surface area contributed by atoms with Gasteiger partial charge in [-0.2, -0.15) is 0 Å². The fourth-order valence-electron chi connectivity index (χ4n) is 1.52. The molecule has 0 fully saturated rings. The molecular formula is C15H28NO6P. The maximum atomic E-state index is 8.88. The minimum Gasteiger partial charge on any atom is -0.493 e. The first kappa shape index (κ1) is 21.9. The van der Waals surface area contributed by atoms with Crippen LogP contribution in [0.3, 0.4) is 0 Å². The molecule has 134 valence electrons. The molecule has 0 aliphatic carbocycles. The molecule has 1 rings (SSSR count). The van der Waals surface area contributed by atoms with Gasteiger partial charge in [0.1, 0.15) is 11.5 Å². The molecule has 1 aromatic carbocycles.